The third kappa shape index (κ3) is 2.39. The van der Waals surface area contributed by atoms with Crippen molar-refractivity contribution >= 4 is 55.3 Å². The Hall–Kier alpha value is 0.380. The van der Waals surface area contributed by atoms with Gasteiger partial charge >= 0.3 is 0 Å². The molecule has 1 rings (SSSR count). The first-order valence-corrected chi connectivity index (χ1v) is 6.76. The molecule has 0 saturated heterocycles. The van der Waals surface area contributed by atoms with Crippen molar-refractivity contribution in [2.75, 3.05) is 0 Å². The van der Waals surface area contributed by atoms with Gasteiger partial charge in [-0.2, -0.15) is 8.42 Å². The molecule has 0 heterocycles. The second-order valence-corrected chi connectivity index (χ2v) is 5.89. The summed E-state index contributed by atoms with van der Waals surface area (Å²) in [5, 5.41) is 0. The van der Waals surface area contributed by atoms with E-state index in [1.807, 2.05) is 0 Å². The highest BCUT2D eigenvalue weighted by Gasteiger charge is 2.29. The standard InChI is InChI=1S/C6HF3I2O3S/c7-1-2(8)4(10)5(11)6(3(1)9)15(12,13)14/h(H,12,13,14). The fraction of sp³-hybridized carbons (Fsp3) is 0. The Kier molecular flexibility index (Phi) is 3.88. The lowest BCUT2D eigenvalue weighted by Crippen LogP contribution is -2.10. The van der Waals surface area contributed by atoms with Crippen molar-refractivity contribution < 1.29 is 26.1 Å². The summed E-state index contributed by atoms with van der Waals surface area (Å²) in [7, 11) is -4.92. The van der Waals surface area contributed by atoms with E-state index in [-0.39, 0.29) is 0 Å². The largest absolute Gasteiger partial charge is 0.298 e. The van der Waals surface area contributed by atoms with Crippen LogP contribution in [0.1, 0.15) is 0 Å². The maximum Gasteiger partial charge on any atom is 0.298 e. The molecule has 0 spiro atoms. The van der Waals surface area contributed by atoms with Crippen LogP contribution in [0.2, 0.25) is 0 Å². The van der Waals surface area contributed by atoms with E-state index in [9.17, 15) is 21.6 Å². The van der Waals surface area contributed by atoms with Gasteiger partial charge in [-0.05, 0) is 45.2 Å². The van der Waals surface area contributed by atoms with Crippen LogP contribution in [0, 0.1) is 24.6 Å². The summed E-state index contributed by atoms with van der Waals surface area (Å²) in [5.74, 6) is -5.32. The molecule has 1 N–H and O–H groups in total. The predicted octanol–water partition coefficient (Wildman–Crippen LogP) is 2.56. The molecule has 0 aliphatic carbocycles. The van der Waals surface area contributed by atoms with E-state index in [1.54, 1.807) is 0 Å². The summed E-state index contributed by atoms with van der Waals surface area (Å²) in [6, 6.07) is 0. The van der Waals surface area contributed by atoms with Crippen molar-refractivity contribution in [1.29, 1.82) is 0 Å². The molecule has 0 aromatic heterocycles. The SMILES string of the molecule is O=S(=O)(O)c1c(F)c(F)c(F)c(I)c1I. The third-order valence-corrected chi connectivity index (χ3v) is 5.82. The van der Waals surface area contributed by atoms with Gasteiger partial charge in [0.05, 0.1) is 7.14 Å². The highest BCUT2D eigenvalue weighted by molar-refractivity contribution is 14.1. The van der Waals surface area contributed by atoms with Crippen LogP contribution < -0.4 is 0 Å². The molecule has 0 aliphatic heterocycles. The lowest BCUT2D eigenvalue weighted by atomic mass is 10.3. The number of halogens is 5. The Morgan fingerprint density at radius 1 is 0.933 bits per heavy atom. The molecule has 0 unspecified atom stereocenters. The smallest absolute Gasteiger partial charge is 0.282 e. The summed E-state index contributed by atoms with van der Waals surface area (Å²) in [6.45, 7) is 0. The first kappa shape index (κ1) is 13.4. The van der Waals surface area contributed by atoms with Crippen LogP contribution in [-0.4, -0.2) is 13.0 Å². The Morgan fingerprint density at radius 2 is 1.40 bits per heavy atom. The van der Waals surface area contributed by atoms with E-state index in [2.05, 4.69) is 0 Å². The highest BCUT2D eigenvalue weighted by atomic mass is 127. The third-order valence-electron chi connectivity index (χ3n) is 1.43. The average molecular weight is 464 g/mol. The van der Waals surface area contributed by atoms with Gasteiger partial charge in [0.2, 0.25) is 0 Å². The number of hydrogen-bond donors (Lipinski definition) is 1. The zero-order valence-corrected chi connectivity index (χ0v) is 11.7. The lowest BCUT2D eigenvalue weighted by molar-refractivity contribution is 0.417. The van der Waals surface area contributed by atoms with Crippen LogP contribution in [0.5, 0.6) is 0 Å². The molecular formula is C6HF3I2O3S. The molecule has 0 aliphatic rings. The van der Waals surface area contributed by atoms with Crippen LogP contribution >= 0.6 is 45.2 Å². The maximum atomic E-state index is 13.0. The molecule has 9 heteroatoms. The molecule has 0 amide bonds. The Bertz CT molecular complexity index is 500. The molecule has 15 heavy (non-hydrogen) atoms. The molecule has 0 saturated carbocycles. The molecule has 0 fully saturated rings. The van der Waals surface area contributed by atoms with Gasteiger partial charge in [0, 0.05) is 0 Å². The van der Waals surface area contributed by atoms with E-state index in [0.717, 1.165) is 0 Å². The molecule has 0 radical (unpaired) electrons. The lowest BCUT2D eigenvalue weighted by Gasteiger charge is -2.07. The second kappa shape index (κ2) is 4.33. The van der Waals surface area contributed by atoms with Crippen molar-refractivity contribution in [1.82, 2.24) is 0 Å². The van der Waals surface area contributed by atoms with E-state index >= 15 is 0 Å². The predicted molar refractivity (Wildman–Crippen MR) is 61.6 cm³/mol. The van der Waals surface area contributed by atoms with Gasteiger partial charge in [-0.15, -0.1) is 0 Å². The summed E-state index contributed by atoms with van der Waals surface area (Å²) in [6.07, 6.45) is 0. The Balaban J connectivity index is 3.84. The second-order valence-electron chi connectivity index (χ2n) is 2.37. The van der Waals surface area contributed by atoms with Crippen LogP contribution in [0.3, 0.4) is 0 Å². The summed E-state index contributed by atoms with van der Waals surface area (Å²) >= 11 is 2.62. The van der Waals surface area contributed by atoms with Gasteiger partial charge in [-0.3, -0.25) is 4.55 Å². The van der Waals surface area contributed by atoms with Gasteiger partial charge in [0.1, 0.15) is 4.90 Å². The topological polar surface area (TPSA) is 54.4 Å². The minimum absolute atomic E-state index is 0.396. The first-order valence-electron chi connectivity index (χ1n) is 3.16. The molecule has 84 valence electrons. The summed E-state index contributed by atoms with van der Waals surface area (Å²) in [4.78, 5) is -1.24. The maximum absolute atomic E-state index is 13.0. The zero-order chi connectivity index (χ0) is 12.0. The van der Waals surface area contributed by atoms with E-state index in [0.29, 0.717) is 0 Å². The van der Waals surface area contributed by atoms with Gasteiger partial charge in [-0.1, -0.05) is 0 Å². The van der Waals surface area contributed by atoms with Gasteiger partial charge in [0.15, 0.2) is 17.5 Å². The normalized spacial score (nSPS) is 11.9. The van der Waals surface area contributed by atoms with Crippen molar-refractivity contribution in [3.8, 4) is 0 Å². The van der Waals surface area contributed by atoms with E-state index in [1.165, 1.54) is 45.2 Å². The van der Waals surface area contributed by atoms with E-state index in [4.69, 9.17) is 4.55 Å². The quantitative estimate of drug-likeness (QED) is 0.301. The molecule has 0 bridgehead atoms. The Morgan fingerprint density at radius 3 is 1.80 bits per heavy atom. The minimum Gasteiger partial charge on any atom is -0.282 e. The van der Waals surface area contributed by atoms with E-state index < -0.39 is 39.6 Å². The van der Waals surface area contributed by atoms with Crippen LogP contribution in [-0.2, 0) is 10.1 Å². The first-order chi connectivity index (χ1) is 6.68. The minimum atomic E-state index is -4.92. The van der Waals surface area contributed by atoms with Gasteiger partial charge in [0.25, 0.3) is 10.1 Å². The fourth-order valence-electron chi connectivity index (χ4n) is 0.811. The van der Waals surface area contributed by atoms with Crippen molar-refractivity contribution in [2.24, 2.45) is 0 Å². The van der Waals surface area contributed by atoms with Gasteiger partial charge < -0.3 is 0 Å². The number of hydrogen-bond acceptors (Lipinski definition) is 2. The van der Waals surface area contributed by atoms with Crippen LogP contribution in [0.4, 0.5) is 13.2 Å². The molecular weight excluding hydrogens is 463 g/mol. The van der Waals surface area contributed by atoms with Crippen molar-refractivity contribution in [3.05, 3.63) is 24.6 Å². The fourth-order valence-corrected chi connectivity index (χ4v) is 3.45. The Labute approximate surface area is 110 Å². The summed E-state index contributed by atoms with van der Waals surface area (Å²) < 4.78 is 68.0. The number of rotatable bonds is 1. The highest BCUT2D eigenvalue weighted by Crippen LogP contribution is 2.30. The zero-order valence-electron chi connectivity index (χ0n) is 6.56. The van der Waals surface area contributed by atoms with Crippen LogP contribution in [0.25, 0.3) is 0 Å². The van der Waals surface area contributed by atoms with Crippen LogP contribution in [0.15, 0.2) is 4.90 Å². The molecule has 1 aromatic carbocycles. The monoisotopic (exact) mass is 464 g/mol. The summed E-state index contributed by atoms with van der Waals surface area (Å²) in [5.41, 5.74) is 0. The molecule has 0 atom stereocenters. The van der Waals surface area contributed by atoms with Gasteiger partial charge in [-0.25, -0.2) is 13.2 Å². The number of benzene rings is 1. The average Bonchev–Trinajstić information content (AvgIpc) is 2.09. The van der Waals surface area contributed by atoms with Crippen molar-refractivity contribution in [2.45, 2.75) is 4.90 Å². The molecule has 1 aromatic rings. The van der Waals surface area contributed by atoms with Crippen molar-refractivity contribution in [3.63, 3.8) is 0 Å². The molecule has 3 nitrogen and oxygen atoms in total.